The van der Waals surface area contributed by atoms with E-state index in [0.29, 0.717) is 13.2 Å². The van der Waals surface area contributed by atoms with Crippen molar-refractivity contribution < 1.29 is 19.3 Å². The van der Waals surface area contributed by atoms with E-state index in [1.807, 2.05) is 6.07 Å². The van der Waals surface area contributed by atoms with Crippen molar-refractivity contribution in [1.29, 1.82) is 0 Å². The SMILES string of the molecule is COc1ccc2c(c1)[C@]13CCN(C)[C@@H](C2)[C@]1(O)CCC1(C3)OCCO1. The second-order valence-electron chi connectivity index (χ2n) is 8.26. The minimum atomic E-state index is -0.736. The first-order valence-corrected chi connectivity index (χ1v) is 9.40. The van der Waals surface area contributed by atoms with E-state index in [9.17, 15) is 5.11 Å². The average molecular weight is 345 g/mol. The molecule has 2 heterocycles. The normalized spacial score (nSPS) is 39.1. The summed E-state index contributed by atoms with van der Waals surface area (Å²) < 4.78 is 17.7. The number of hydrogen-bond acceptors (Lipinski definition) is 5. The lowest BCUT2D eigenvalue weighted by molar-refractivity contribution is -0.257. The van der Waals surface area contributed by atoms with Crippen LogP contribution in [-0.2, 0) is 21.3 Å². The number of piperidine rings is 1. The van der Waals surface area contributed by atoms with Gasteiger partial charge in [-0.05, 0) is 56.1 Å². The van der Waals surface area contributed by atoms with Gasteiger partial charge in [0.25, 0.3) is 0 Å². The molecular weight excluding hydrogens is 318 g/mol. The Bertz CT molecular complexity index is 701. The number of likely N-dealkylation sites (tertiary alicyclic amines) is 1. The van der Waals surface area contributed by atoms with Crippen LogP contribution >= 0.6 is 0 Å². The van der Waals surface area contributed by atoms with Crippen LogP contribution in [0.3, 0.4) is 0 Å². The number of aliphatic hydroxyl groups is 1. The van der Waals surface area contributed by atoms with Crippen LogP contribution in [0.5, 0.6) is 5.75 Å². The molecule has 25 heavy (non-hydrogen) atoms. The summed E-state index contributed by atoms with van der Waals surface area (Å²) in [5.74, 6) is 0.338. The maximum absolute atomic E-state index is 12.0. The highest BCUT2D eigenvalue weighted by atomic mass is 16.7. The van der Waals surface area contributed by atoms with E-state index in [-0.39, 0.29) is 11.5 Å². The summed E-state index contributed by atoms with van der Waals surface area (Å²) in [7, 11) is 3.85. The quantitative estimate of drug-likeness (QED) is 0.842. The summed E-state index contributed by atoms with van der Waals surface area (Å²) in [6.07, 6.45) is 4.04. The van der Waals surface area contributed by atoms with E-state index in [4.69, 9.17) is 14.2 Å². The highest BCUT2D eigenvalue weighted by molar-refractivity contribution is 5.48. The smallest absolute Gasteiger partial charge is 0.169 e. The van der Waals surface area contributed by atoms with Crippen molar-refractivity contribution in [3.8, 4) is 5.75 Å². The number of nitrogens with zero attached hydrogens (tertiary/aromatic N) is 1. The number of methoxy groups -OCH3 is 1. The van der Waals surface area contributed by atoms with Crippen LogP contribution in [0.1, 0.15) is 36.8 Å². The lowest BCUT2D eigenvalue weighted by Crippen LogP contribution is -2.74. The molecule has 1 N–H and O–H groups in total. The molecule has 1 saturated carbocycles. The minimum absolute atomic E-state index is 0.154. The van der Waals surface area contributed by atoms with E-state index >= 15 is 0 Å². The molecule has 5 heteroatoms. The summed E-state index contributed by atoms with van der Waals surface area (Å²) in [5, 5.41) is 12.0. The van der Waals surface area contributed by atoms with Gasteiger partial charge in [0.05, 0.1) is 25.9 Å². The molecule has 3 fully saturated rings. The number of rotatable bonds is 1. The zero-order valence-electron chi connectivity index (χ0n) is 15.1. The molecule has 2 saturated heterocycles. The summed E-state index contributed by atoms with van der Waals surface area (Å²) in [4.78, 5) is 2.35. The van der Waals surface area contributed by atoms with Crippen LogP contribution in [-0.4, -0.2) is 61.4 Å². The third-order valence-corrected chi connectivity index (χ3v) is 7.32. The molecule has 2 aliphatic heterocycles. The van der Waals surface area contributed by atoms with Crippen LogP contribution in [0.4, 0.5) is 0 Å². The molecule has 0 unspecified atom stereocenters. The predicted octanol–water partition coefficient (Wildman–Crippen LogP) is 1.85. The Morgan fingerprint density at radius 3 is 2.76 bits per heavy atom. The zero-order chi connectivity index (χ0) is 17.3. The Morgan fingerprint density at radius 2 is 2.00 bits per heavy atom. The third-order valence-electron chi connectivity index (χ3n) is 7.32. The number of fused-ring (bicyclic) bond motifs is 1. The molecule has 0 amide bonds. The van der Waals surface area contributed by atoms with Gasteiger partial charge in [-0.3, -0.25) is 0 Å². The van der Waals surface area contributed by atoms with Crippen molar-refractivity contribution in [3.63, 3.8) is 0 Å². The molecule has 3 atom stereocenters. The van der Waals surface area contributed by atoms with Gasteiger partial charge >= 0.3 is 0 Å². The molecule has 2 bridgehead atoms. The molecule has 0 aromatic heterocycles. The second-order valence-corrected chi connectivity index (χ2v) is 8.26. The van der Waals surface area contributed by atoms with Gasteiger partial charge in [0.15, 0.2) is 5.79 Å². The van der Waals surface area contributed by atoms with Gasteiger partial charge < -0.3 is 24.2 Å². The summed E-state index contributed by atoms with van der Waals surface area (Å²) >= 11 is 0. The Kier molecular flexibility index (Phi) is 3.34. The zero-order valence-corrected chi connectivity index (χ0v) is 15.1. The molecule has 2 aliphatic carbocycles. The van der Waals surface area contributed by atoms with E-state index in [2.05, 4.69) is 24.1 Å². The maximum atomic E-state index is 12.0. The third kappa shape index (κ3) is 1.98. The Labute approximate surface area is 148 Å². The average Bonchev–Trinajstić information content (AvgIpc) is 3.07. The molecule has 5 nitrogen and oxygen atoms in total. The maximum Gasteiger partial charge on any atom is 0.169 e. The van der Waals surface area contributed by atoms with Gasteiger partial charge in [-0.15, -0.1) is 0 Å². The summed E-state index contributed by atoms with van der Waals surface area (Å²) in [5.41, 5.74) is 1.52. The lowest BCUT2D eigenvalue weighted by atomic mass is 9.48. The van der Waals surface area contributed by atoms with Gasteiger partial charge in [0, 0.05) is 24.3 Å². The van der Waals surface area contributed by atoms with Crippen LogP contribution in [0.25, 0.3) is 0 Å². The van der Waals surface area contributed by atoms with Crippen molar-refractivity contribution in [2.45, 2.75) is 54.9 Å². The van der Waals surface area contributed by atoms with Crippen molar-refractivity contribution in [2.24, 2.45) is 0 Å². The van der Waals surface area contributed by atoms with Gasteiger partial charge in [0.2, 0.25) is 0 Å². The van der Waals surface area contributed by atoms with Crippen molar-refractivity contribution in [1.82, 2.24) is 4.90 Å². The molecule has 4 aliphatic rings. The topological polar surface area (TPSA) is 51.2 Å². The fourth-order valence-corrected chi connectivity index (χ4v) is 6.05. The fourth-order valence-electron chi connectivity index (χ4n) is 6.05. The van der Waals surface area contributed by atoms with E-state index in [1.54, 1.807) is 7.11 Å². The molecule has 1 spiro atoms. The first kappa shape index (κ1) is 16.1. The van der Waals surface area contributed by atoms with Crippen LogP contribution in [0.15, 0.2) is 18.2 Å². The van der Waals surface area contributed by atoms with Crippen molar-refractivity contribution in [2.75, 3.05) is 33.9 Å². The first-order chi connectivity index (χ1) is 12.0. The van der Waals surface area contributed by atoms with Gasteiger partial charge in [0.1, 0.15) is 5.75 Å². The second kappa shape index (κ2) is 5.19. The monoisotopic (exact) mass is 345 g/mol. The van der Waals surface area contributed by atoms with Crippen molar-refractivity contribution in [3.05, 3.63) is 29.3 Å². The summed E-state index contributed by atoms with van der Waals surface area (Å²) in [6.45, 7) is 2.30. The fraction of sp³-hybridized carbons (Fsp3) is 0.700. The van der Waals surface area contributed by atoms with E-state index in [0.717, 1.165) is 44.4 Å². The Balaban J connectivity index is 1.70. The largest absolute Gasteiger partial charge is 0.497 e. The lowest BCUT2D eigenvalue weighted by Gasteiger charge is -2.65. The molecule has 0 radical (unpaired) electrons. The van der Waals surface area contributed by atoms with Crippen LogP contribution < -0.4 is 4.74 Å². The number of likely N-dealkylation sites (N-methyl/N-ethyl adjacent to an activating group) is 1. The van der Waals surface area contributed by atoms with Crippen molar-refractivity contribution >= 4 is 0 Å². The number of hydrogen-bond donors (Lipinski definition) is 1. The number of ether oxygens (including phenoxy) is 3. The molecular formula is C20H27NO4. The number of benzene rings is 1. The first-order valence-electron chi connectivity index (χ1n) is 9.40. The van der Waals surface area contributed by atoms with Crippen LogP contribution in [0, 0.1) is 0 Å². The van der Waals surface area contributed by atoms with E-state index < -0.39 is 11.4 Å². The molecule has 1 aromatic rings. The highest BCUT2D eigenvalue weighted by Gasteiger charge is 2.67. The summed E-state index contributed by atoms with van der Waals surface area (Å²) in [6, 6.07) is 6.52. The molecule has 136 valence electrons. The standard InChI is InChI=1S/C20H27NO4/c1-21-8-7-18-13-19(24-9-10-25-19)5-6-20(18,22)17(21)11-14-3-4-15(23-2)12-16(14)18/h3-4,12,17,22H,5-11,13H2,1-2H3/t17-,18+,20+/m0/s1. The highest BCUT2D eigenvalue weighted by Crippen LogP contribution is 2.61. The Morgan fingerprint density at radius 1 is 1.20 bits per heavy atom. The Hall–Kier alpha value is -1.14. The van der Waals surface area contributed by atoms with Gasteiger partial charge in [-0.25, -0.2) is 0 Å². The van der Waals surface area contributed by atoms with Gasteiger partial charge in [-0.2, -0.15) is 0 Å². The van der Waals surface area contributed by atoms with E-state index in [1.165, 1.54) is 11.1 Å². The minimum Gasteiger partial charge on any atom is -0.497 e. The molecule has 5 rings (SSSR count). The molecule has 1 aromatic carbocycles. The van der Waals surface area contributed by atoms with Crippen LogP contribution in [0.2, 0.25) is 0 Å². The van der Waals surface area contributed by atoms with Gasteiger partial charge in [-0.1, -0.05) is 6.07 Å². The predicted molar refractivity (Wildman–Crippen MR) is 92.8 cm³/mol.